The van der Waals surface area contributed by atoms with Crippen LogP contribution in [0.15, 0.2) is 35.1 Å². The number of hydrogen-bond donors (Lipinski definition) is 3. The molecule has 3 fully saturated rings. The molecule has 10 nitrogen and oxygen atoms in total. The summed E-state index contributed by atoms with van der Waals surface area (Å²) in [5.41, 5.74) is 0.235. The van der Waals surface area contributed by atoms with Crippen LogP contribution in [-0.4, -0.2) is 64.5 Å². The number of amides is 1. The molecule has 1 amide bonds. The standard InChI is InChI=1S/C23H28N4O6/c28-18(10-23(11-19(29)30)6-1-2-7-23)25-15-12-32-21-16(13-33-20(15)21)27-22-24-8-5-14(26-22)17-4-3-9-31-17/h3-5,8-9,15-16,20-21H,1-2,6-7,10-13H2,(H,25,28)(H,29,30)(H,24,26,27)/t15-,16+,20-,21+/m0/s1. The molecule has 3 N–H and O–H groups in total. The summed E-state index contributed by atoms with van der Waals surface area (Å²) < 4.78 is 17.3. The highest BCUT2D eigenvalue weighted by Crippen LogP contribution is 2.44. The van der Waals surface area contributed by atoms with Crippen LogP contribution in [0.2, 0.25) is 0 Å². The molecule has 3 aliphatic rings. The molecule has 2 aromatic heterocycles. The van der Waals surface area contributed by atoms with Gasteiger partial charge in [-0.2, -0.15) is 0 Å². The van der Waals surface area contributed by atoms with Gasteiger partial charge in [-0.3, -0.25) is 9.59 Å². The monoisotopic (exact) mass is 456 g/mol. The van der Waals surface area contributed by atoms with Gasteiger partial charge in [-0.25, -0.2) is 9.97 Å². The minimum Gasteiger partial charge on any atom is -0.481 e. The van der Waals surface area contributed by atoms with Crippen LogP contribution in [-0.2, 0) is 19.1 Å². The van der Waals surface area contributed by atoms with Gasteiger partial charge in [0.2, 0.25) is 11.9 Å². The molecule has 4 atom stereocenters. The van der Waals surface area contributed by atoms with E-state index in [1.807, 2.05) is 6.07 Å². The molecule has 0 aromatic carbocycles. The molecule has 2 aliphatic heterocycles. The van der Waals surface area contributed by atoms with E-state index in [-0.39, 0.29) is 43.0 Å². The van der Waals surface area contributed by atoms with Crippen molar-refractivity contribution in [3.05, 3.63) is 30.7 Å². The van der Waals surface area contributed by atoms with Crippen molar-refractivity contribution in [1.29, 1.82) is 0 Å². The lowest BCUT2D eigenvalue weighted by molar-refractivity contribution is -0.140. The van der Waals surface area contributed by atoms with E-state index < -0.39 is 11.4 Å². The molecule has 1 aliphatic carbocycles. The number of ether oxygens (including phenoxy) is 2. The number of nitrogens with one attached hydrogen (secondary N) is 2. The zero-order valence-corrected chi connectivity index (χ0v) is 18.2. The number of furan rings is 1. The topological polar surface area (TPSA) is 136 Å². The Hall–Kier alpha value is -2.98. The summed E-state index contributed by atoms with van der Waals surface area (Å²) in [6.07, 6.45) is 6.49. The van der Waals surface area contributed by atoms with Gasteiger partial charge in [-0.1, -0.05) is 12.8 Å². The van der Waals surface area contributed by atoms with Gasteiger partial charge >= 0.3 is 5.97 Å². The van der Waals surface area contributed by atoms with Gasteiger partial charge in [0, 0.05) is 12.6 Å². The van der Waals surface area contributed by atoms with Crippen LogP contribution in [0.5, 0.6) is 0 Å². The molecule has 176 valence electrons. The number of nitrogens with zero attached hydrogens (tertiary/aromatic N) is 2. The number of anilines is 1. The fraction of sp³-hybridized carbons (Fsp3) is 0.565. The highest BCUT2D eigenvalue weighted by Gasteiger charge is 2.49. The van der Waals surface area contributed by atoms with Crippen molar-refractivity contribution in [2.75, 3.05) is 18.5 Å². The first-order valence-electron chi connectivity index (χ1n) is 11.4. The fourth-order valence-electron chi connectivity index (χ4n) is 5.36. The first-order valence-corrected chi connectivity index (χ1v) is 11.4. The number of hydrogen-bond acceptors (Lipinski definition) is 8. The summed E-state index contributed by atoms with van der Waals surface area (Å²) in [7, 11) is 0. The predicted molar refractivity (Wildman–Crippen MR) is 116 cm³/mol. The van der Waals surface area contributed by atoms with E-state index in [0.29, 0.717) is 30.6 Å². The Morgan fingerprint density at radius 2 is 1.85 bits per heavy atom. The summed E-state index contributed by atoms with van der Waals surface area (Å²) in [6.45, 7) is 0.747. The molecule has 0 spiro atoms. The molecule has 0 radical (unpaired) electrons. The molecule has 2 aromatic rings. The third-order valence-electron chi connectivity index (χ3n) is 6.87. The minimum atomic E-state index is -0.847. The maximum Gasteiger partial charge on any atom is 0.303 e. The van der Waals surface area contributed by atoms with Crippen molar-refractivity contribution in [3.63, 3.8) is 0 Å². The molecule has 4 heterocycles. The van der Waals surface area contributed by atoms with Gasteiger partial charge in [0.1, 0.15) is 17.9 Å². The lowest BCUT2D eigenvalue weighted by Crippen LogP contribution is -2.46. The summed E-state index contributed by atoms with van der Waals surface area (Å²) in [5, 5.41) is 15.6. The van der Waals surface area contributed by atoms with Crippen molar-refractivity contribution in [1.82, 2.24) is 15.3 Å². The second-order valence-electron chi connectivity index (χ2n) is 9.22. The summed E-state index contributed by atoms with van der Waals surface area (Å²) in [5.74, 6) is 0.122. The van der Waals surface area contributed by atoms with E-state index in [1.165, 1.54) is 0 Å². The number of carbonyl (C=O) groups is 2. The van der Waals surface area contributed by atoms with Crippen LogP contribution in [0.25, 0.3) is 11.5 Å². The molecule has 33 heavy (non-hydrogen) atoms. The third kappa shape index (κ3) is 4.72. The second kappa shape index (κ2) is 9.11. The highest BCUT2D eigenvalue weighted by molar-refractivity contribution is 5.78. The summed E-state index contributed by atoms with van der Waals surface area (Å²) in [6, 6.07) is 4.99. The molecule has 10 heteroatoms. The number of carboxylic acids is 1. The third-order valence-corrected chi connectivity index (χ3v) is 6.87. The van der Waals surface area contributed by atoms with E-state index in [0.717, 1.165) is 25.7 Å². The number of rotatable bonds is 8. The van der Waals surface area contributed by atoms with Crippen LogP contribution >= 0.6 is 0 Å². The minimum absolute atomic E-state index is 0.0349. The Morgan fingerprint density at radius 3 is 2.58 bits per heavy atom. The quantitative estimate of drug-likeness (QED) is 0.546. The average molecular weight is 456 g/mol. The molecule has 2 saturated heterocycles. The van der Waals surface area contributed by atoms with Gasteiger partial charge in [0.05, 0.1) is 38.0 Å². The van der Waals surface area contributed by atoms with Crippen molar-refractivity contribution < 1.29 is 28.6 Å². The Balaban J connectivity index is 1.18. The van der Waals surface area contributed by atoms with Crippen LogP contribution in [0.4, 0.5) is 5.95 Å². The maximum atomic E-state index is 12.8. The van der Waals surface area contributed by atoms with E-state index in [1.54, 1.807) is 24.6 Å². The molecule has 0 unspecified atom stereocenters. The van der Waals surface area contributed by atoms with Gasteiger partial charge in [-0.05, 0) is 36.5 Å². The predicted octanol–water partition coefficient (Wildman–Crippen LogP) is 2.22. The maximum absolute atomic E-state index is 12.8. The van der Waals surface area contributed by atoms with E-state index in [9.17, 15) is 14.7 Å². The largest absolute Gasteiger partial charge is 0.481 e. The van der Waals surface area contributed by atoms with Crippen LogP contribution in [0.3, 0.4) is 0 Å². The number of aromatic nitrogens is 2. The zero-order chi connectivity index (χ0) is 22.8. The number of carbonyl (C=O) groups excluding carboxylic acids is 1. The van der Waals surface area contributed by atoms with Crippen LogP contribution in [0, 0.1) is 5.41 Å². The van der Waals surface area contributed by atoms with Gasteiger partial charge in [0.25, 0.3) is 0 Å². The Labute approximate surface area is 191 Å². The summed E-state index contributed by atoms with van der Waals surface area (Å²) in [4.78, 5) is 32.9. The zero-order valence-electron chi connectivity index (χ0n) is 18.2. The molecule has 5 rings (SSSR count). The molecule has 0 bridgehead atoms. The number of aliphatic carboxylic acids is 1. The van der Waals surface area contributed by atoms with Crippen molar-refractivity contribution >= 4 is 17.8 Å². The van der Waals surface area contributed by atoms with Crippen molar-refractivity contribution in [2.24, 2.45) is 5.41 Å². The lowest BCUT2D eigenvalue weighted by atomic mass is 9.79. The smallest absolute Gasteiger partial charge is 0.303 e. The van der Waals surface area contributed by atoms with Crippen molar-refractivity contribution in [3.8, 4) is 11.5 Å². The number of carboxylic acid groups (broad SMARTS) is 1. The molecular weight excluding hydrogens is 428 g/mol. The Morgan fingerprint density at radius 1 is 1.09 bits per heavy atom. The first-order chi connectivity index (χ1) is 16.0. The van der Waals surface area contributed by atoms with E-state index in [4.69, 9.17) is 13.9 Å². The van der Waals surface area contributed by atoms with Gasteiger partial charge < -0.3 is 29.6 Å². The van der Waals surface area contributed by atoms with Crippen molar-refractivity contribution in [2.45, 2.75) is 62.8 Å². The molecular formula is C23H28N4O6. The second-order valence-corrected chi connectivity index (χ2v) is 9.22. The highest BCUT2D eigenvalue weighted by atomic mass is 16.6. The first kappa shape index (κ1) is 21.8. The normalized spacial score (nSPS) is 27.9. The average Bonchev–Trinajstić information content (AvgIpc) is 3.56. The summed E-state index contributed by atoms with van der Waals surface area (Å²) >= 11 is 0. The van der Waals surface area contributed by atoms with Gasteiger partial charge in [-0.15, -0.1) is 0 Å². The van der Waals surface area contributed by atoms with Crippen LogP contribution < -0.4 is 10.6 Å². The van der Waals surface area contributed by atoms with E-state index in [2.05, 4.69) is 20.6 Å². The Bertz CT molecular complexity index is 991. The fourth-order valence-corrected chi connectivity index (χ4v) is 5.36. The van der Waals surface area contributed by atoms with Crippen LogP contribution in [0.1, 0.15) is 38.5 Å². The lowest BCUT2D eigenvalue weighted by Gasteiger charge is -2.27. The van der Waals surface area contributed by atoms with Gasteiger partial charge in [0.15, 0.2) is 5.76 Å². The van der Waals surface area contributed by atoms with E-state index >= 15 is 0 Å². The number of fused-ring (bicyclic) bond motifs is 1. The Kier molecular flexibility index (Phi) is 6.03. The SMILES string of the molecule is O=C(O)CC1(CC(=O)N[C@H]2CO[C@H]3[C@H]2OC[C@H]3Nc2nccc(-c3ccco3)n2)CCCC1. The molecule has 1 saturated carbocycles.